The molecule has 7 heteroatoms. The van der Waals surface area contributed by atoms with Gasteiger partial charge in [-0.25, -0.2) is 0 Å². The van der Waals surface area contributed by atoms with E-state index in [1.165, 1.54) is 0 Å². The highest BCUT2D eigenvalue weighted by molar-refractivity contribution is 5.92. The number of guanidine groups is 1. The predicted octanol–water partition coefficient (Wildman–Crippen LogP) is 0.807. The molecule has 7 nitrogen and oxygen atoms in total. The average molecular weight is 361 g/mol. The van der Waals surface area contributed by atoms with Crippen LogP contribution in [0.4, 0.5) is 0 Å². The van der Waals surface area contributed by atoms with Crippen LogP contribution in [0.25, 0.3) is 0 Å². The van der Waals surface area contributed by atoms with Crippen LogP contribution in [0.5, 0.6) is 0 Å². The Hall–Kier alpha value is -2.12. The Balaban J connectivity index is 1.88. The van der Waals surface area contributed by atoms with Crippen molar-refractivity contribution in [3.05, 3.63) is 35.4 Å². The maximum Gasteiger partial charge on any atom is 0.248 e. The lowest BCUT2D eigenvalue weighted by atomic mass is 10.0. The van der Waals surface area contributed by atoms with E-state index < -0.39 is 5.91 Å². The fourth-order valence-corrected chi connectivity index (χ4v) is 3.14. The Labute approximate surface area is 156 Å². The molecule has 1 aromatic carbocycles. The van der Waals surface area contributed by atoms with Crippen molar-refractivity contribution in [3.8, 4) is 0 Å². The van der Waals surface area contributed by atoms with E-state index in [0.29, 0.717) is 24.1 Å². The minimum Gasteiger partial charge on any atom is -0.379 e. The lowest BCUT2D eigenvalue weighted by Gasteiger charge is -2.37. The van der Waals surface area contributed by atoms with Gasteiger partial charge >= 0.3 is 0 Å². The maximum absolute atomic E-state index is 11.3. The normalized spacial score (nSPS) is 17.2. The van der Waals surface area contributed by atoms with Crippen molar-refractivity contribution in [2.75, 3.05) is 39.9 Å². The van der Waals surface area contributed by atoms with Gasteiger partial charge in [0.25, 0.3) is 0 Å². The molecule has 144 valence electrons. The van der Waals surface area contributed by atoms with Crippen molar-refractivity contribution in [1.29, 1.82) is 0 Å². The van der Waals surface area contributed by atoms with E-state index in [0.717, 1.165) is 44.4 Å². The number of nitrogens with one attached hydrogen (secondary N) is 2. The molecular weight excluding hydrogens is 330 g/mol. The third-order valence-electron chi connectivity index (χ3n) is 4.66. The van der Waals surface area contributed by atoms with E-state index in [2.05, 4.69) is 34.4 Å². The summed E-state index contributed by atoms with van der Waals surface area (Å²) in [5.41, 5.74) is 6.83. The Morgan fingerprint density at radius 1 is 1.31 bits per heavy atom. The zero-order valence-electron chi connectivity index (χ0n) is 16.0. The van der Waals surface area contributed by atoms with Crippen LogP contribution in [0.1, 0.15) is 29.8 Å². The number of rotatable bonds is 7. The smallest absolute Gasteiger partial charge is 0.248 e. The van der Waals surface area contributed by atoms with Crippen molar-refractivity contribution in [1.82, 2.24) is 15.5 Å². The molecular formula is C19H31N5O2. The number of morpholine rings is 1. The number of amides is 1. The standard InChI is InChI=1S/C19H31N5O2/c1-14(2)17(24-7-9-26-10-8-24)13-23-19(21-3)22-12-15-5-4-6-16(11-15)18(20)25/h4-6,11,14,17H,7-10,12-13H2,1-3H3,(H2,20,25)(H2,21,22,23). The van der Waals surface area contributed by atoms with Crippen LogP contribution in [0.15, 0.2) is 29.3 Å². The first kappa shape index (κ1) is 20.2. The molecule has 1 saturated heterocycles. The molecule has 1 aliphatic heterocycles. The van der Waals surface area contributed by atoms with Gasteiger partial charge < -0.3 is 21.1 Å². The maximum atomic E-state index is 11.3. The summed E-state index contributed by atoms with van der Waals surface area (Å²) >= 11 is 0. The third kappa shape index (κ3) is 6.00. The molecule has 0 radical (unpaired) electrons. The Morgan fingerprint density at radius 2 is 2.04 bits per heavy atom. The summed E-state index contributed by atoms with van der Waals surface area (Å²) in [4.78, 5) is 18.1. The monoisotopic (exact) mass is 361 g/mol. The minimum absolute atomic E-state index is 0.417. The van der Waals surface area contributed by atoms with Gasteiger partial charge in [-0.15, -0.1) is 0 Å². The molecule has 1 unspecified atom stereocenters. The zero-order valence-corrected chi connectivity index (χ0v) is 16.0. The molecule has 1 aliphatic rings. The van der Waals surface area contributed by atoms with Gasteiger partial charge in [0, 0.05) is 44.8 Å². The summed E-state index contributed by atoms with van der Waals surface area (Å²) < 4.78 is 5.46. The topological polar surface area (TPSA) is 92.0 Å². The summed E-state index contributed by atoms with van der Waals surface area (Å²) in [6, 6.07) is 7.73. The molecule has 0 spiro atoms. The van der Waals surface area contributed by atoms with Crippen LogP contribution in [-0.2, 0) is 11.3 Å². The van der Waals surface area contributed by atoms with Gasteiger partial charge in [-0.3, -0.25) is 14.7 Å². The van der Waals surface area contributed by atoms with Crippen molar-refractivity contribution in [2.45, 2.75) is 26.4 Å². The molecule has 1 heterocycles. The third-order valence-corrected chi connectivity index (χ3v) is 4.66. The molecule has 0 saturated carbocycles. The summed E-state index contributed by atoms with van der Waals surface area (Å²) in [5.74, 6) is 0.860. The summed E-state index contributed by atoms with van der Waals surface area (Å²) in [6.07, 6.45) is 0. The molecule has 2 rings (SSSR count). The fourth-order valence-electron chi connectivity index (χ4n) is 3.14. The molecule has 1 fully saturated rings. The zero-order chi connectivity index (χ0) is 18.9. The summed E-state index contributed by atoms with van der Waals surface area (Å²) in [7, 11) is 1.76. The molecule has 4 N–H and O–H groups in total. The van der Waals surface area contributed by atoms with Gasteiger partial charge in [-0.2, -0.15) is 0 Å². The van der Waals surface area contributed by atoms with E-state index in [9.17, 15) is 4.79 Å². The number of nitrogens with zero attached hydrogens (tertiary/aromatic N) is 2. The van der Waals surface area contributed by atoms with E-state index in [4.69, 9.17) is 10.5 Å². The van der Waals surface area contributed by atoms with Gasteiger partial charge in [-0.1, -0.05) is 26.0 Å². The number of aliphatic imine (C=N–C) groups is 1. The van der Waals surface area contributed by atoms with E-state index >= 15 is 0 Å². The number of carbonyl (C=O) groups is 1. The molecule has 1 atom stereocenters. The van der Waals surface area contributed by atoms with Crippen LogP contribution in [-0.4, -0.2) is 62.7 Å². The Kier molecular flexibility index (Phi) is 7.87. The van der Waals surface area contributed by atoms with Crippen molar-refractivity contribution in [3.63, 3.8) is 0 Å². The highest BCUT2D eigenvalue weighted by Crippen LogP contribution is 2.12. The summed E-state index contributed by atoms with van der Waals surface area (Å²) in [6.45, 7) is 9.41. The van der Waals surface area contributed by atoms with Crippen molar-refractivity contribution in [2.24, 2.45) is 16.6 Å². The van der Waals surface area contributed by atoms with Crippen LogP contribution < -0.4 is 16.4 Å². The molecule has 0 aromatic heterocycles. The number of benzene rings is 1. The molecule has 1 aromatic rings. The van der Waals surface area contributed by atoms with E-state index in [1.54, 1.807) is 19.2 Å². The number of carbonyl (C=O) groups excluding carboxylic acids is 1. The highest BCUT2D eigenvalue weighted by atomic mass is 16.5. The van der Waals surface area contributed by atoms with E-state index in [-0.39, 0.29) is 0 Å². The number of ether oxygens (including phenoxy) is 1. The predicted molar refractivity (Wildman–Crippen MR) is 104 cm³/mol. The second kappa shape index (κ2) is 10.1. The van der Waals surface area contributed by atoms with Gasteiger partial charge in [0.05, 0.1) is 13.2 Å². The quantitative estimate of drug-likeness (QED) is 0.494. The Bertz CT molecular complexity index is 612. The van der Waals surface area contributed by atoms with Crippen molar-refractivity contribution < 1.29 is 9.53 Å². The lowest BCUT2D eigenvalue weighted by molar-refractivity contribution is 0.00752. The number of nitrogens with two attached hydrogens (primary N) is 1. The molecule has 0 aliphatic carbocycles. The highest BCUT2D eigenvalue weighted by Gasteiger charge is 2.23. The van der Waals surface area contributed by atoms with E-state index in [1.807, 2.05) is 12.1 Å². The number of hydrogen-bond acceptors (Lipinski definition) is 4. The second-order valence-corrected chi connectivity index (χ2v) is 6.83. The molecule has 26 heavy (non-hydrogen) atoms. The van der Waals surface area contributed by atoms with Crippen molar-refractivity contribution >= 4 is 11.9 Å². The first-order valence-electron chi connectivity index (χ1n) is 9.16. The Morgan fingerprint density at radius 3 is 2.65 bits per heavy atom. The average Bonchev–Trinajstić information content (AvgIpc) is 2.65. The van der Waals surface area contributed by atoms with Gasteiger partial charge in [0.2, 0.25) is 5.91 Å². The van der Waals surface area contributed by atoms with Crippen LogP contribution in [0, 0.1) is 5.92 Å². The van der Waals surface area contributed by atoms with Gasteiger partial charge in [0.15, 0.2) is 5.96 Å². The first-order valence-corrected chi connectivity index (χ1v) is 9.16. The van der Waals surface area contributed by atoms with Gasteiger partial charge in [-0.05, 0) is 23.6 Å². The molecule has 0 bridgehead atoms. The largest absolute Gasteiger partial charge is 0.379 e. The van der Waals surface area contributed by atoms with Crippen LogP contribution >= 0.6 is 0 Å². The number of primary amides is 1. The van der Waals surface area contributed by atoms with Crippen LogP contribution in [0.3, 0.4) is 0 Å². The SMILES string of the molecule is CN=C(NCc1cccc(C(N)=O)c1)NCC(C(C)C)N1CCOCC1. The fraction of sp³-hybridized carbons (Fsp3) is 0.579. The number of hydrogen-bond donors (Lipinski definition) is 3. The summed E-state index contributed by atoms with van der Waals surface area (Å²) in [5, 5.41) is 6.71. The van der Waals surface area contributed by atoms with Gasteiger partial charge in [0.1, 0.15) is 0 Å². The van der Waals surface area contributed by atoms with Crippen LogP contribution in [0.2, 0.25) is 0 Å². The lowest BCUT2D eigenvalue weighted by Crippen LogP contribution is -2.52. The minimum atomic E-state index is -0.417. The molecule has 1 amide bonds. The first-order chi connectivity index (χ1) is 12.5. The second-order valence-electron chi connectivity index (χ2n) is 6.83.